The van der Waals surface area contributed by atoms with Crippen molar-refractivity contribution in [3.63, 3.8) is 0 Å². The van der Waals surface area contributed by atoms with Gasteiger partial charge in [0.2, 0.25) is 0 Å². The summed E-state index contributed by atoms with van der Waals surface area (Å²) in [6.45, 7) is 2.18. The second kappa shape index (κ2) is 4.55. The summed E-state index contributed by atoms with van der Waals surface area (Å²) in [5.74, 6) is 0.698. The molecule has 1 saturated heterocycles. The van der Waals surface area contributed by atoms with Gasteiger partial charge in [-0.3, -0.25) is 0 Å². The lowest BCUT2D eigenvalue weighted by atomic mass is 9.99. The standard InChI is InChI=1S/C12H17NO2S/c1-16(14,15)12-4-2-10(3-5-12)8-11-6-7-13-9-11/h2-5,11,13H,6-9H2,1H3. The van der Waals surface area contributed by atoms with Crippen LogP contribution in [0.5, 0.6) is 0 Å². The van der Waals surface area contributed by atoms with Crippen LogP contribution in [0.25, 0.3) is 0 Å². The third-order valence-corrected chi connectivity index (χ3v) is 4.17. The van der Waals surface area contributed by atoms with Crippen LogP contribution >= 0.6 is 0 Å². The van der Waals surface area contributed by atoms with Crippen LogP contribution in [0.3, 0.4) is 0 Å². The lowest BCUT2D eigenvalue weighted by Crippen LogP contribution is -2.10. The van der Waals surface area contributed by atoms with Crippen LogP contribution in [0.1, 0.15) is 12.0 Å². The predicted octanol–water partition coefficient (Wildman–Crippen LogP) is 1.24. The van der Waals surface area contributed by atoms with Gasteiger partial charge in [-0.25, -0.2) is 8.42 Å². The summed E-state index contributed by atoms with van der Waals surface area (Å²) in [7, 11) is -3.06. The molecule has 1 aliphatic heterocycles. The molecule has 4 heteroatoms. The second-order valence-electron chi connectivity index (χ2n) is 4.48. The lowest BCUT2D eigenvalue weighted by Gasteiger charge is -2.08. The molecule has 1 aromatic carbocycles. The highest BCUT2D eigenvalue weighted by molar-refractivity contribution is 7.90. The molecule has 0 amide bonds. The van der Waals surface area contributed by atoms with Gasteiger partial charge in [-0.05, 0) is 49.5 Å². The monoisotopic (exact) mass is 239 g/mol. The maximum atomic E-state index is 11.3. The Hall–Kier alpha value is -0.870. The Kier molecular flexibility index (Phi) is 3.30. The molecule has 3 nitrogen and oxygen atoms in total. The molecule has 0 saturated carbocycles. The van der Waals surface area contributed by atoms with Gasteiger partial charge in [0.15, 0.2) is 9.84 Å². The Balaban J connectivity index is 2.07. The fraction of sp³-hybridized carbons (Fsp3) is 0.500. The number of rotatable bonds is 3. The topological polar surface area (TPSA) is 46.2 Å². The molecule has 1 unspecified atom stereocenters. The highest BCUT2D eigenvalue weighted by Gasteiger charge is 2.15. The third kappa shape index (κ3) is 2.83. The zero-order valence-corrected chi connectivity index (χ0v) is 10.3. The van der Waals surface area contributed by atoms with Gasteiger partial charge in [0.1, 0.15) is 0 Å². The maximum Gasteiger partial charge on any atom is 0.175 e. The number of benzene rings is 1. The van der Waals surface area contributed by atoms with Crippen LogP contribution < -0.4 is 5.32 Å². The summed E-state index contributed by atoms with van der Waals surface area (Å²) in [6, 6.07) is 7.25. The average Bonchev–Trinajstić information content (AvgIpc) is 2.70. The Bertz CT molecular complexity index is 444. The average molecular weight is 239 g/mol. The smallest absolute Gasteiger partial charge is 0.175 e. The molecular weight excluding hydrogens is 222 g/mol. The molecule has 1 heterocycles. The summed E-state index contributed by atoms with van der Waals surface area (Å²) in [4.78, 5) is 0.404. The second-order valence-corrected chi connectivity index (χ2v) is 6.49. The van der Waals surface area contributed by atoms with Gasteiger partial charge in [-0.1, -0.05) is 12.1 Å². The van der Waals surface area contributed by atoms with Crippen LogP contribution in [0, 0.1) is 5.92 Å². The van der Waals surface area contributed by atoms with E-state index >= 15 is 0 Å². The Morgan fingerprint density at radius 1 is 1.31 bits per heavy atom. The van der Waals surface area contributed by atoms with Crippen LogP contribution in [-0.2, 0) is 16.3 Å². The molecule has 1 fully saturated rings. The van der Waals surface area contributed by atoms with E-state index in [4.69, 9.17) is 0 Å². The van der Waals surface area contributed by atoms with Crippen LogP contribution in [-0.4, -0.2) is 27.8 Å². The van der Waals surface area contributed by atoms with E-state index in [0.717, 1.165) is 19.5 Å². The summed E-state index contributed by atoms with van der Waals surface area (Å²) >= 11 is 0. The number of nitrogens with one attached hydrogen (secondary N) is 1. The van der Waals surface area contributed by atoms with Gasteiger partial charge >= 0.3 is 0 Å². The van der Waals surface area contributed by atoms with Crippen molar-refractivity contribution in [1.82, 2.24) is 5.32 Å². The van der Waals surface area contributed by atoms with Crippen molar-refractivity contribution in [3.05, 3.63) is 29.8 Å². The van der Waals surface area contributed by atoms with Crippen molar-refractivity contribution >= 4 is 9.84 Å². The van der Waals surface area contributed by atoms with E-state index in [1.54, 1.807) is 12.1 Å². The molecule has 16 heavy (non-hydrogen) atoms. The molecule has 1 aliphatic rings. The lowest BCUT2D eigenvalue weighted by molar-refractivity contribution is 0.579. The van der Waals surface area contributed by atoms with E-state index < -0.39 is 9.84 Å². The zero-order valence-electron chi connectivity index (χ0n) is 9.44. The summed E-state index contributed by atoms with van der Waals surface area (Å²) < 4.78 is 22.6. The molecule has 0 radical (unpaired) electrons. The van der Waals surface area contributed by atoms with Crippen LogP contribution in [0.4, 0.5) is 0 Å². The predicted molar refractivity (Wildman–Crippen MR) is 64.2 cm³/mol. The quantitative estimate of drug-likeness (QED) is 0.863. The number of hydrogen-bond acceptors (Lipinski definition) is 3. The Labute approximate surface area is 96.8 Å². The molecule has 1 aromatic rings. The Morgan fingerprint density at radius 3 is 2.50 bits per heavy atom. The largest absolute Gasteiger partial charge is 0.316 e. The molecule has 1 N–H and O–H groups in total. The minimum atomic E-state index is -3.06. The molecule has 88 valence electrons. The molecule has 2 rings (SSSR count). The molecule has 1 atom stereocenters. The maximum absolute atomic E-state index is 11.3. The van der Waals surface area contributed by atoms with Gasteiger partial charge in [-0.15, -0.1) is 0 Å². The summed E-state index contributed by atoms with van der Waals surface area (Å²) in [5.41, 5.74) is 1.22. The molecular formula is C12H17NO2S. The van der Waals surface area contributed by atoms with E-state index in [2.05, 4.69) is 5.32 Å². The summed E-state index contributed by atoms with van der Waals surface area (Å²) in [5, 5.41) is 3.33. The van der Waals surface area contributed by atoms with Crippen LogP contribution in [0.15, 0.2) is 29.2 Å². The van der Waals surface area contributed by atoms with E-state index in [-0.39, 0.29) is 0 Å². The minimum absolute atomic E-state index is 0.404. The number of hydrogen-bond donors (Lipinski definition) is 1. The van der Waals surface area contributed by atoms with Gasteiger partial charge in [-0.2, -0.15) is 0 Å². The fourth-order valence-electron chi connectivity index (χ4n) is 2.09. The SMILES string of the molecule is CS(=O)(=O)c1ccc(CC2CCNC2)cc1. The first-order valence-corrected chi connectivity index (χ1v) is 7.44. The van der Waals surface area contributed by atoms with Crippen molar-refractivity contribution in [2.45, 2.75) is 17.7 Å². The minimum Gasteiger partial charge on any atom is -0.316 e. The van der Waals surface area contributed by atoms with Crippen LogP contribution in [0.2, 0.25) is 0 Å². The van der Waals surface area contributed by atoms with Crippen molar-refractivity contribution in [2.24, 2.45) is 5.92 Å². The molecule has 0 aromatic heterocycles. The van der Waals surface area contributed by atoms with Crippen molar-refractivity contribution in [2.75, 3.05) is 19.3 Å². The van der Waals surface area contributed by atoms with E-state index in [1.165, 1.54) is 18.2 Å². The van der Waals surface area contributed by atoms with Gasteiger partial charge in [0.05, 0.1) is 4.90 Å². The first kappa shape index (κ1) is 11.6. The summed E-state index contributed by atoms with van der Waals surface area (Å²) in [6.07, 6.45) is 3.49. The normalized spacial score (nSPS) is 21.2. The molecule has 0 aliphatic carbocycles. The van der Waals surface area contributed by atoms with E-state index in [9.17, 15) is 8.42 Å². The van der Waals surface area contributed by atoms with Crippen molar-refractivity contribution in [1.29, 1.82) is 0 Å². The van der Waals surface area contributed by atoms with Crippen molar-refractivity contribution < 1.29 is 8.42 Å². The zero-order chi connectivity index (χ0) is 11.6. The third-order valence-electron chi connectivity index (χ3n) is 3.04. The first-order chi connectivity index (χ1) is 7.55. The Morgan fingerprint density at radius 2 is 2.00 bits per heavy atom. The van der Waals surface area contributed by atoms with E-state index in [1.807, 2.05) is 12.1 Å². The molecule has 0 bridgehead atoms. The highest BCUT2D eigenvalue weighted by Crippen LogP contribution is 2.17. The number of sulfone groups is 1. The van der Waals surface area contributed by atoms with Gasteiger partial charge in [0.25, 0.3) is 0 Å². The van der Waals surface area contributed by atoms with E-state index in [0.29, 0.717) is 10.8 Å². The van der Waals surface area contributed by atoms with Gasteiger partial charge in [0, 0.05) is 6.26 Å². The fourth-order valence-corrected chi connectivity index (χ4v) is 2.73. The highest BCUT2D eigenvalue weighted by atomic mass is 32.2. The molecule has 0 spiro atoms. The first-order valence-electron chi connectivity index (χ1n) is 5.55. The van der Waals surface area contributed by atoms with Gasteiger partial charge < -0.3 is 5.32 Å². The van der Waals surface area contributed by atoms with Crippen molar-refractivity contribution in [3.8, 4) is 0 Å².